The summed E-state index contributed by atoms with van der Waals surface area (Å²) in [6.07, 6.45) is 17.4. The van der Waals surface area contributed by atoms with Gasteiger partial charge in [0.2, 0.25) is 29.2 Å². The molecule has 8 aromatic rings. The first-order valence-electron chi connectivity index (χ1n) is 35.5. The number of allylic oxidation sites excluding steroid dienone is 8. The number of halogens is 2. The van der Waals surface area contributed by atoms with Crippen molar-refractivity contribution < 1.29 is 42.3 Å². The van der Waals surface area contributed by atoms with Crippen LogP contribution in [-0.4, -0.2) is 193 Å². The van der Waals surface area contributed by atoms with Gasteiger partial charge in [-0.25, -0.2) is 4.79 Å². The van der Waals surface area contributed by atoms with Crippen LogP contribution in [0.3, 0.4) is 0 Å². The van der Waals surface area contributed by atoms with Crippen LogP contribution in [0.1, 0.15) is 135 Å². The normalized spacial score (nSPS) is 19.3. The highest BCUT2D eigenvalue weighted by Gasteiger charge is 2.59. The fourth-order valence-corrected chi connectivity index (χ4v) is 16.1. The fraction of sp³-hybridized carbons (Fsp3) is 0.373. The third-order valence-corrected chi connectivity index (χ3v) is 22.1. The summed E-state index contributed by atoms with van der Waals surface area (Å²) in [4.78, 5) is 118. The third kappa shape index (κ3) is 10.00. The molecule has 9 aliphatic carbocycles. The van der Waals surface area contributed by atoms with Crippen LogP contribution in [0.25, 0.3) is 67.3 Å². The Kier molecular flexibility index (Phi) is 15.1. The highest BCUT2D eigenvalue weighted by Crippen LogP contribution is 2.55. The zero-order valence-electron chi connectivity index (χ0n) is 58.3. The van der Waals surface area contributed by atoms with Gasteiger partial charge in [-0.3, -0.25) is 48.7 Å². The van der Waals surface area contributed by atoms with Gasteiger partial charge >= 0.3 is 12.0 Å². The van der Waals surface area contributed by atoms with Crippen molar-refractivity contribution in [3.8, 4) is 69.3 Å². The van der Waals surface area contributed by atoms with E-state index < -0.39 is 35.3 Å². The molecule has 4 aliphatic heterocycles. The van der Waals surface area contributed by atoms with Crippen LogP contribution < -0.4 is 0 Å². The summed E-state index contributed by atoms with van der Waals surface area (Å²) >= 11 is 0. The quantitative estimate of drug-likeness (QED) is 0.167. The van der Waals surface area contributed by atoms with Crippen molar-refractivity contribution in [2.75, 3.05) is 52.4 Å². The lowest BCUT2D eigenvalue weighted by Crippen LogP contribution is -2.54. The molecule has 2 unspecified atom stereocenters. The van der Waals surface area contributed by atoms with E-state index in [9.17, 15) is 33.6 Å². The zero-order chi connectivity index (χ0) is 74.8. The molecular weight excluding hydrogens is 1390 g/mol. The Morgan fingerprint density at radius 2 is 0.796 bits per heavy atom. The molecule has 0 bridgehead atoms. The van der Waals surface area contributed by atoms with E-state index in [-0.39, 0.29) is 93.2 Å². The maximum atomic E-state index is 15.2. The lowest BCUT2D eigenvalue weighted by molar-refractivity contribution is -0.142. The Morgan fingerprint density at radius 3 is 1.25 bits per heavy atom. The standard InChI is InChI=1S/C20H18F2N6O.C20H18N6O2.C19H14N6O2.C16H10N6O2/c1-10(2)17(19(29)27-8-11(7-23)9-27)28-25-16-12-5-6-24-14-4-3-13(15(12)14)20(21,22)18(16)26-28;1-10(2)18(20(28)25-8-11(7-21)9-25)26-23-16-12-5-6-22-14-4-3-13(15(12)14)19(27)17(16)24-26;20-7-10-8-24(9-10)18(27)19(4-5-19)25-22-15-11-3-6-21-13-2-1-12(14(11)13)17(26)16(15)23-25;17-5-8-6-21(7-8)16(24)22-19-13-9-3-4-18-11-2-1-10(12(9)11)15(23)14(13)20-22/h3,5-6,10-11,17H,4,8-9H2,1-2H3;3,5-6,10-11,18H,4,8-9H2,1-2H3;1,3,6,10H,2,4-5,8-9H2;1,3-4,8H,2,6-7H2. The Morgan fingerprint density at radius 1 is 0.444 bits per heavy atom. The van der Waals surface area contributed by atoms with E-state index in [0.717, 1.165) is 60.1 Å². The van der Waals surface area contributed by atoms with Gasteiger partial charge < -0.3 is 19.6 Å². The van der Waals surface area contributed by atoms with Gasteiger partial charge in [0.25, 0.3) is 5.91 Å². The Balaban J connectivity index is 0.000000102. The summed E-state index contributed by atoms with van der Waals surface area (Å²) in [5.41, 5.74) is 12.2. The molecule has 4 amide bonds. The lowest BCUT2D eigenvalue weighted by Gasteiger charge is -2.38. The highest BCUT2D eigenvalue weighted by molar-refractivity contribution is 6.36. The summed E-state index contributed by atoms with van der Waals surface area (Å²) in [6.45, 7) is 10.7. The molecule has 108 heavy (non-hydrogen) atoms. The number of alkyl halides is 2. The molecule has 0 spiro atoms. The lowest BCUT2D eigenvalue weighted by atomic mass is 9.87. The van der Waals surface area contributed by atoms with Crippen LogP contribution in [-0.2, 0) is 51.5 Å². The SMILES string of the molecule is CC(C)C(C(=O)N1CC(C#N)C1)n1nc2c(n1)-c1ccnc3c1C(=CC3)C2=O.CC(C)C(C(=O)N1CC(C#N)C1)n1nc2c(n1)C(F)(F)C1=CCc3nccc-2c31.N#CC1CN(C(=O)C2(n3nc4c(n3)-c3ccnc5c3C(=CC5)C4=O)CC2)C1.N#CC1CN(C(=O)n2nc3c(n2)-c2ccnc4c2C(=CC4)C3=O)C1. The molecule has 0 radical (unpaired) electrons. The number of carbonyl (C=O) groups is 7. The van der Waals surface area contributed by atoms with Gasteiger partial charge in [-0.2, -0.15) is 64.6 Å². The maximum Gasteiger partial charge on any atom is 0.362 e. The molecule has 5 fully saturated rings. The number of rotatable bonds is 8. The minimum Gasteiger partial charge on any atom is -0.338 e. The molecule has 4 saturated heterocycles. The smallest absolute Gasteiger partial charge is 0.338 e. The Hall–Kier alpha value is -13.2. The van der Waals surface area contributed by atoms with E-state index in [1.165, 1.54) is 20.6 Å². The molecule has 21 rings (SSSR count). The van der Waals surface area contributed by atoms with Crippen molar-refractivity contribution in [2.24, 2.45) is 35.5 Å². The molecule has 8 aromatic heterocycles. The number of aromatic nitrogens is 16. The number of hydrogen-bond acceptors (Lipinski definition) is 23. The van der Waals surface area contributed by atoms with Crippen LogP contribution in [0, 0.1) is 80.8 Å². The maximum absolute atomic E-state index is 15.2. The number of pyridine rings is 4. The first-order valence-corrected chi connectivity index (χ1v) is 35.5. The summed E-state index contributed by atoms with van der Waals surface area (Å²) in [5, 5.41) is 70.7. The van der Waals surface area contributed by atoms with Crippen molar-refractivity contribution in [3.63, 3.8) is 0 Å². The zero-order valence-corrected chi connectivity index (χ0v) is 58.3. The number of likely N-dealkylation sites (tertiary alicyclic amines) is 4. The molecule has 536 valence electrons. The van der Waals surface area contributed by atoms with Crippen molar-refractivity contribution in [2.45, 2.75) is 89.8 Å². The van der Waals surface area contributed by atoms with Gasteiger partial charge in [0.05, 0.1) is 70.7 Å². The van der Waals surface area contributed by atoms with Crippen molar-refractivity contribution in [1.29, 1.82) is 21.0 Å². The molecule has 1 saturated carbocycles. The average molecular weight is 1450 g/mol. The van der Waals surface area contributed by atoms with E-state index in [1.807, 2.05) is 58.1 Å². The van der Waals surface area contributed by atoms with E-state index >= 15 is 8.78 Å². The molecule has 0 N–H and O–H groups in total. The summed E-state index contributed by atoms with van der Waals surface area (Å²) in [7, 11) is 0. The molecule has 31 nitrogen and oxygen atoms in total. The van der Waals surface area contributed by atoms with Crippen molar-refractivity contribution in [3.05, 3.63) is 141 Å². The number of ketones is 3. The molecule has 0 aromatic carbocycles. The van der Waals surface area contributed by atoms with Crippen LogP contribution in [0.2, 0.25) is 0 Å². The number of nitriles is 4. The van der Waals surface area contributed by atoms with E-state index in [2.05, 4.69) is 85.0 Å². The highest BCUT2D eigenvalue weighted by atomic mass is 19.3. The van der Waals surface area contributed by atoms with Gasteiger partial charge in [-0.1, -0.05) is 56.8 Å². The average Bonchev–Trinajstić information content (AvgIpc) is 1.56. The van der Waals surface area contributed by atoms with Crippen LogP contribution in [0.5, 0.6) is 0 Å². The molecule has 2 atom stereocenters. The van der Waals surface area contributed by atoms with Gasteiger partial charge in [0, 0.05) is 170 Å². The predicted molar refractivity (Wildman–Crippen MR) is 370 cm³/mol. The second-order valence-corrected chi connectivity index (χ2v) is 29.5. The molecule has 33 heteroatoms. The topological polar surface area (TPSA) is 402 Å². The summed E-state index contributed by atoms with van der Waals surface area (Å²) < 4.78 is 30.5. The van der Waals surface area contributed by atoms with E-state index in [0.29, 0.717) is 147 Å². The van der Waals surface area contributed by atoms with Crippen LogP contribution in [0.4, 0.5) is 13.6 Å². The first kappa shape index (κ1) is 66.8. The summed E-state index contributed by atoms with van der Waals surface area (Å²) in [6, 6.07) is 13.9. The number of hydrogen-bond donors (Lipinski definition) is 0. The monoisotopic (exact) mass is 1450 g/mol. The number of carbonyl (C=O) groups excluding carboxylic acids is 7. The van der Waals surface area contributed by atoms with Gasteiger partial charge in [-0.15, -0.1) is 20.4 Å². The van der Waals surface area contributed by atoms with Gasteiger partial charge in [0.15, 0.2) is 40.4 Å². The third-order valence-electron chi connectivity index (χ3n) is 22.1. The first-order chi connectivity index (χ1) is 52.1. The fourth-order valence-electron chi connectivity index (χ4n) is 16.1. The number of amides is 4. The van der Waals surface area contributed by atoms with Crippen LogP contribution in [0.15, 0.2) is 73.4 Å². The summed E-state index contributed by atoms with van der Waals surface area (Å²) in [5.74, 6) is -5.02. The Labute approximate surface area is 611 Å². The van der Waals surface area contributed by atoms with Crippen molar-refractivity contribution in [1.82, 2.24) is 99.5 Å². The minimum absolute atomic E-state index is 0.0488. The molecule has 13 aliphatic rings. The second kappa shape index (κ2) is 24.5. The molecular formula is C75H60F2N24O7. The molecule has 12 heterocycles. The second-order valence-electron chi connectivity index (χ2n) is 29.5. The van der Waals surface area contributed by atoms with Gasteiger partial charge in [-0.05, 0) is 48.9 Å². The Bertz CT molecular complexity index is 5730. The predicted octanol–water partition coefficient (Wildman–Crippen LogP) is 6.07. The van der Waals surface area contributed by atoms with Crippen molar-refractivity contribution >= 4 is 63.4 Å². The minimum atomic E-state index is -3.29. The number of fused-ring (bicyclic) bond motifs is 8. The number of Topliss-reactive ketones (excluding diaryl/α,β-unsaturated/α-hetero) is 3. The van der Waals surface area contributed by atoms with Crippen LogP contribution >= 0.6 is 0 Å². The van der Waals surface area contributed by atoms with E-state index in [4.69, 9.17) is 21.0 Å². The van der Waals surface area contributed by atoms with Gasteiger partial charge in [0.1, 0.15) is 22.8 Å². The number of nitrogens with zero attached hydrogens (tertiary/aromatic N) is 24. The van der Waals surface area contributed by atoms with E-state index in [1.54, 1.807) is 51.6 Å². The largest absolute Gasteiger partial charge is 0.362 e.